The molecule has 0 radical (unpaired) electrons. The Balaban J connectivity index is 3.46. The van der Waals surface area contributed by atoms with Crippen LogP contribution in [0.1, 0.15) is 96.8 Å². The normalized spacial score (nSPS) is 14.1. The molecule has 0 saturated carbocycles. The Morgan fingerprint density at radius 3 is 1.96 bits per heavy atom. The number of carbonyl (C=O) groups is 1. The van der Waals surface area contributed by atoms with Gasteiger partial charge in [-0.25, -0.2) is 0 Å². The van der Waals surface area contributed by atoms with E-state index in [4.69, 9.17) is 0 Å². The van der Waals surface area contributed by atoms with Crippen LogP contribution in [-0.4, -0.2) is 27.3 Å². The molecule has 0 saturated heterocycles. The number of hydrogen-bond acceptors (Lipinski definition) is 2. The van der Waals surface area contributed by atoms with Crippen LogP contribution in [0.15, 0.2) is 24.3 Å². The summed E-state index contributed by atoms with van der Waals surface area (Å²) >= 11 is 0. The summed E-state index contributed by atoms with van der Waals surface area (Å²) in [5.74, 6) is -0.554. The topological polar surface area (TPSA) is 54.4 Å². The highest BCUT2D eigenvalue weighted by atomic mass is 32.2. The minimum atomic E-state index is -0.894. The molecule has 158 valence electrons. The lowest BCUT2D eigenvalue weighted by Gasteiger charge is -2.11. The predicted molar refractivity (Wildman–Crippen MR) is 119 cm³/mol. The molecule has 0 aliphatic heterocycles. The minimum Gasteiger partial charge on any atom is -0.481 e. The highest BCUT2D eigenvalue weighted by Gasteiger charge is 2.16. The number of hydrogen-bond donors (Lipinski definition) is 1. The van der Waals surface area contributed by atoms with Crippen LogP contribution in [0.4, 0.5) is 0 Å². The van der Waals surface area contributed by atoms with Crippen molar-refractivity contribution in [3.05, 3.63) is 24.3 Å². The van der Waals surface area contributed by atoms with E-state index >= 15 is 0 Å². The van der Waals surface area contributed by atoms with Gasteiger partial charge in [0, 0.05) is 22.8 Å². The van der Waals surface area contributed by atoms with Crippen molar-refractivity contribution in [3.63, 3.8) is 0 Å². The van der Waals surface area contributed by atoms with Crippen molar-refractivity contribution in [3.8, 4) is 0 Å². The molecule has 2 atom stereocenters. The van der Waals surface area contributed by atoms with Crippen LogP contribution in [0.3, 0.4) is 0 Å². The number of unbranched alkanes of at least 4 members (excludes halogenated alkanes) is 9. The largest absolute Gasteiger partial charge is 0.481 e. The van der Waals surface area contributed by atoms with E-state index in [1.807, 2.05) is 0 Å². The fraction of sp³-hybridized carbons (Fsp3) is 0.783. The molecule has 0 fully saturated rings. The lowest BCUT2D eigenvalue weighted by molar-refractivity contribution is -0.142. The van der Waals surface area contributed by atoms with Crippen LogP contribution in [0, 0.1) is 5.92 Å². The molecular formula is C23H42O3S. The van der Waals surface area contributed by atoms with E-state index in [-0.39, 0.29) is 5.92 Å². The number of aliphatic carboxylic acids is 1. The quantitative estimate of drug-likeness (QED) is 0.195. The fourth-order valence-corrected chi connectivity index (χ4v) is 3.69. The van der Waals surface area contributed by atoms with Crippen LogP contribution in [0.25, 0.3) is 0 Å². The lowest BCUT2D eigenvalue weighted by Crippen LogP contribution is -2.16. The molecule has 1 unspecified atom stereocenters. The molecule has 0 amide bonds. The zero-order valence-corrected chi connectivity index (χ0v) is 18.5. The van der Waals surface area contributed by atoms with Crippen molar-refractivity contribution < 1.29 is 14.1 Å². The first-order chi connectivity index (χ1) is 13.1. The van der Waals surface area contributed by atoms with Gasteiger partial charge in [0.15, 0.2) is 0 Å². The number of carboxylic acids is 1. The first-order valence-corrected chi connectivity index (χ1v) is 12.6. The van der Waals surface area contributed by atoms with Crippen LogP contribution < -0.4 is 0 Å². The lowest BCUT2D eigenvalue weighted by atomic mass is 9.98. The van der Waals surface area contributed by atoms with Gasteiger partial charge in [0.05, 0.1) is 5.92 Å². The smallest absolute Gasteiger partial charge is 0.306 e. The van der Waals surface area contributed by atoms with Gasteiger partial charge in [0.2, 0.25) is 0 Å². The first-order valence-electron chi connectivity index (χ1n) is 10.9. The summed E-state index contributed by atoms with van der Waals surface area (Å²) < 4.78 is 11.1. The SMILES string of the molecule is CCCCC/C=C\C/C=C\CCCCCCCC[C@@H](CCS(C)=O)C(=O)O. The second kappa shape index (κ2) is 19.9. The third-order valence-corrected chi connectivity index (χ3v) is 5.67. The van der Waals surface area contributed by atoms with Gasteiger partial charge in [-0.3, -0.25) is 9.00 Å². The van der Waals surface area contributed by atoms with Gasteiger partial charge in [-0.2, -0.15) is 0 Å². The van der Waals surface area contributed by atoms with Gasteiger partial charge >= 0.3 is 5.97 Å². The Morgan fingerprint density at radius 1 is 0.852 bits per heavy atom. The molecule has 0 aliphatic carbocycles. The molecule has 0 heterocycles. The average Bonchev–Trinajstić information content (AvgIpc) is 2.63. The van der Waals surface area contributed by atoms with Gasteiger partial charge in [0.25, 0.3) is 0 Å². The second-order valence-electron chi connectivity index (χ2n) is 7.47. The third-order valence-electron chi connectivity index (χ3n) is 4.86. The zero-order chi connectivity index (χ0) is 20.2. The van der Waals surface area contributed by atoms with Gasteiger partial charge in [-0.05, 0) is 44.9 Å². The maximum atomic E-state index is 11.2. The van der Waals surface area contributed by atoms with Gasteiger partial charge in [0.1, 0.15) is 0 Å². The van der Waals surface area contributed by atoms with Gasteiger partial charge in [-0.1, -0.05) is 76.2 Å². The average molecular weight is 399 g/mol. The molecule has 27 heavy (non-hydrogen) atoms. The molecule has 4 heteroatoms. The van der Waals surface area contributed by atoms with Crippen molar-refractivity contribution in [2.24, 2.45) is 5.92 Å². The molecule has 3 nitrogen and oxygen atoms in total. The third kappa shape index (κ3) is 19.7. The minimum absolute atomic E-state index is 0.320. The molecular weight excluding hydrogens is 356 g/mol. The molecule has 0 aromatic heterocycles. The first kappa shape index (κ1) is 26.1. The van der Waals surface area contributed by atoms with E-state index < -0.39 is 16.8 Å². The fourth-order valence-electron chi connectivity index (χ4n) is 3.08. The maximum absolute atomic E-state index is 11.2. The monoisotopic (exact) mass is 398 g/mol. The number of carboxylic acid groups (broad SMARTS) is 1. The van der Waals surface area contributed by atoms with Crippen molar-refractivity contribution in [1.82, 2.24) is 0 Å². The van der Waals surface area contributed by atoms with Crippen molar-refractivity contribution in [1.29, 1.82) is 0 Å². The summed E-state index contributed by atoms with van der Waals surface area (Å²) in [7, 11) is -0.894. The number of rotatable bonds is 19. The van der Waals surface area contributed by atoms with E-state index in [9.17, 15) is 14.1 Å². The predicted octanol–water partition coefficient (Wildman–Crippen LogP) is 6.66. The summed E-state index contributed by atoms with van der Waals surface area (Å²) in [4.78, 5) is 11.2. The number of allylic oxidation sites excluding steroid dienone is 4. The van der Waals surface area contributed by atoms with Crippen molar-refractivity contribution >= 4 is 16.8 Å². The van der Waals surface area contributed by atoms with E-state index in [0.717, 1.165) is 25.7 Å². The van der Waals surface area contributed by atoms with E-state index in [1.165, 1.54) is 57.8 Å². The van der Waals surface area contributed by atoms with Crippen molar-refractivity contribution in [2.45, 2.75) is 96.8 Å². The van der Waals surface area contributed by atoms with E-state index in [0.29, 0.717) is 12.2 Å². The molecule has 0 aromatic carbocycles. The molecule has 0 spiro atoms. The molecule has 0 aromatic rings. The van der Waals surface area contributed by atoms with Crippen LogP contribution in [-0.2, 0) is 15.6 Å². The van der Waals surface area contributed by atoms with E-state index in [2.05, 4.69) is 31.2 Å². The highest BCUT2D eigenvalue weighted by Crippen LogP contribution is 2.16. The highest BCUT2D eigenvalue weighted by molar-refractivity contribution is 7.84. The van der Waals surface area contributed by atoms with Crippen LogP contribution in [0.2, 0.25) is 0 Å². The standard InChI is InChI=1S/C23H42O3S/c1-3-4-5-6-7-8-9-10-11-12-13-14-15-16-17-18-19-22(23(24)25)20-21-27(2)26/h7-8,10-11,22H,3-6,9,12-21H2,1-2H3,(H,24,25)/b8-7-,11-10-/t22-,27?/m0/s1. The molecule has 0 aliphatic rings. The molecule has 0 rings (SSSR count). The summed E-state index contributed by atoms with van der Waals surface area (Å²) in [5, 5.41) is 9.20. The summed E-state index contributed by atoms with van der Waals surface area (Å²) in [6, 6.07) is 0. The zero-order valence-electron chi connectivity index (χ0n) is 17.7. The second-order valence-corrected chi connectivity index (χ2v) is 9.03. The Hall–Kier alpha value is -0.900. The van der Waals surface area contributed by atoms with Gasteiger partial charge < -0.3 is 5.11 Å². The Kier molecular flexibility index (Phi) is 19.2. The Morgan fingerprint density at radius 2 is 1.41 bits per heavy atom. The molecule has 1 N–H and O–H groups in total. The molecule has 0 bridgehead atoms. The summed E-state index contributed by atoms with van der Waals surface area (Å²) in [5.41, 5.74) is 0. The maximum Gasteiger partial charge on any atom is 0.306 e. The Labute approximate surface area is 170 Å². The van der Waals surface area contributed by atoms with E-state index in [1.54, 1.807) is 6.26 Å². The van der Waals surface area contributed by atoms with Crippen LogP contribution >= 0.6 is 0 Å². The summed E-state index contributed by atoms with van der Waals surface area (Å²) in [6.07, 6.45) is 26.4. The Bertz CT molecular complexity index is 429. The van der Waals surface area contributed by atoms with Gasteiger partial charge in [-0.15, -0.1) is 0 Å². The summed E-state index contributed by atoms with van der Waals surface area (Å²) in [6.45, 7) is 2.24. The van der Waals surface area contributed by atoms with Crippen molar-refractivity contribution in [2.75, 3.05) is 12.0 Å². The van der Waals surface area contributed by atoms with Crippen LogP contribution in [0.5, 0.6) is 0 Å².